The van der Waals surface area contributed by atoms with Gasteiger partial charge < -0.3 is 10.2 Å². The van der Waals surface area contributed by atoms with Crippen molar-refractivity contribution < 1.29 is 9.59 Å². The molecule has 2 aromatic rings. The van der Waals surface area contributed by atoms with Gasteiger partial charge in [0, 0.05) is 29.3 Å². The molecule has 0 radical (unpaired) electrons. The summed E-state index contributed by atoms with van der Waals surface area (Å²) in [4.78, 5) is 27.0. The van der Waals surface area contributed by atoms with E-state index in [0.717, 1.165) is 5.56 Å². The van der Waals surface area contributed by atoms with Gasteiger partial charge in [-0.05, 0) is 64.4 Å². The molecule has 2 amide bonds. The maximum Gasteiger partial charge on any atom is 0.254 e. The predicted molar refractivity (Wildman–Crippen MR) is 105 cm³/mol. The minimum absolute atomic E-state index is 0.0355. The lowest BCUT2D eigenvalue weighted by Gasteiger charge is -2.27. The highest BCUT2D eigenvalue weighted by Gasteiger charge is 2.20. The second-order valence-electron chi connectivity index (χ2n) is 7.79. The van der Waals surface area contributed by atoms with Gasteiger partial charge in [-0.2, -0.15) is 0 Å². The van der Waals surface area contributed by atoms with Gasteiger partial charge >= 0.3 is 0 Å². The van der Waals surface area contributed by atoms with Gasteiger partial charge in [0.1, 0.15) is 0 Å². The van der Waals surface area contributed by atoms with Crippen LogP contribution >= 0.6 is 0 Å². The van der Waals surface area contributed by atoms with E-state index in [0.29, 0.717) is 17.7 Å². The average molecular weight is 352 g/mol. The van der Waals surface area contributed by atoms with Crippen LogP contribution in [0.25, 0.3) is 0 Å². The van der Waals surface area contributed by atoms with E-state index < -0.39 is 0 Å². The molecule has 26 heavy (non-hydrogen) atoms. The Labute approximate surface area is 156 Å². The smallest absolute Gasteiger partial charge is 0.254 e. The summed E-state index contributed by atoms with van der Waals surface area (Å²) in [6.45, 7) is 10.4. The molecule has 0 aliphatic heterocycles. The second kappa shape index (κ2) is 8.17. The Balaban J connectivity index is 2.15. The summed E-state index contributed by atoms with van der Waals surface area (Å²) in [6.07, 6.45) is 0. The summed E-state index contributed by atoms with van der Waals surface area (Å²) in [5.74, 6) is -0.173. The molecule has 138 valence electrons. The summed E-state index contributed by atoms with van der Waals surface area (Å²) in [6, 6.07) is 16.9. The minimum Gasteiger partial charge on any atom is -0.347 e. The number of hydrogen-bond acceptors (Lipinski definition) is 2. The molecule has 0 unspecified atom stereocenters. The molecule has 0 spiro atoms. The van der Waals surface area contributed by atoms with Crippen LogP contribution in [-0.2, 0) is 6.54 Å². The van der Waals surface area contributed by atoms with E-state index >= 15 is 0 Å². The fourth-order valence-corrected chi connectivity index (χ4v) is 2.61. The molecule has 4 nitrogen and oxygen atoms in total. The molecule has 1 N–H and O–H groups in total. The fourth-order valence-electron chi connectivity index (χ4n) is 2.61. The zero-order valence-electron chi connectivity index (χ0n) is 16.2. The van der Waals surface area contributed by atoms with Crippen molar-refractivity contribution in [2.24, 2.45) is 0 Å². The number of benzene rings is 2. The molecule has 0 aliphatic carbocycles. The van der Waals surface area contributed by atoms with E-state index in [1.807, 2.05) is 69.9 Å². The van der Waals surface area contributed by atoms with E-state index in [9.17, 15) is 9.59 Å². The Morgan fingerprint density at radius 3 is 1.96 bits per heavy atom. The van der Waals surface area contributed by atoms with Crippen LogP contribution in [0.5, 0.6) is 0 Å². The van der Waals surface area contributed by atoms with E-state index in [1.165, 1.54) is 0 Å². The van der Waals surface area contributed by atoms with Gasteiger partial charge in [0.15, 0.2) is 0 Å². The van der Waals surface area contributed by atoms with Gasteiger partial charge in [0.2, 0.25) is 0 Å². The molecule has 0 saturated heterocycles. The first kappa shape index (κ1) is 19.7. The Bertz CT molecular complexity index is 744. The lowest BCUT2D eigenvalue weighted by atomic mass is 10.1. The van der Waals surface area contributed by atoms with Gasteiger partial charge in [0.05, 0.1) is 0 Å². The number of nitrogens with zero attached hydrogens (tertiary/aromatic N) is 1. The Hall–Kier alpha value is -2.62. The van der Waals surface area contributed by atoms with E-state index in [2.05, 4.69) is 5.32 Å². The number of nitrogens with one attached hydrogen (secondary N) is 1. The van der Waals surface area contributed by atoms with Crippen molar-refractivity contribution >= 4 is 11.8 Å². The Morgan fingerprint density at radius 1 is 0.923 bits per heavy atom. The number of rotatable bonds is 5. The van der Waals surface area contributed by atoms with Crippen LogP contribution in [0.4, 0.5) is 0 Å². The monoisotopic (exact) mass is 352 g/mol. The third-order valence-electron chi connectivity index (χ3n) is 3.96. The van der Waals surface area contributed by atoms with Crippen molar-refractivity contribution in [2.45, 2.75) is 52.7 Å². The summed E-state index contributed by atoms with van der Waals surface area (Å²) in [5, 5.41) is 2.92. The first-order valence-electron chi connectivity index (χ1n) is 8.95. The first-order chi connectivity index (χ1) is 12.2. The van der Waals surface area contributed by atoms with Crippen LogP contribution in [0.1, 0.15) is 60.9 Å². The van der Waals surface area contributed by atoms with Crippen LogP contribution in [0, 0.1) is 0 Å². The summed E-state index contributed by atoms with van der Waals surface area (Å²) in [7, 11) is 0. The maximum absolute atomic E-state index is 12.9. The number of carbonyl (C=O) groups excluding carboxylic acids is 2. The summed E-state index contributed by atoms with van der Waals surface area (Å²) >= 11 is 0. The Kier molecular flexibility index (Phi) is 6.19. The highest BCUT2D eigenvalue weighted by Crippen LogP contribution is 2.15. The molecule has 0 aromatic heterocycles. The SMILES string of the molecule is CC(C)N(Cc1ccccc1)C(=O)c1ccc(C(=O)NC(C)(C)C)cc1. The minimum atomic E-state index is -0.296. The number of carbonyl (C=O) groups is 2. The highest BCUT2D eigenvalue weighted by atomic mass is 16.2. The topological polar surface area (TPSA) is 49.4 Å². The molecule has 0 heterocycles. The zero-order chi connectivity index (χ0) is 19.3. The normalized spacial score (nSPS) is 11.3. The van der Waals surface area contributed by atoms with Crippen LogP contribution in [0.3, 0.4) is 0 Å². The molecular weight excluding hydrogens is 324 g/mol. The van der Waals surface area contributed by atoms with Gasteiger partial charge in [-0.25, -0.2) is 0 Å². The lowest BCUT2D eigenvalue weighted by molar-refractivity contribution is 0.0689. The Morgan fingerprint density at radius 2 is 1.46 bits per heavy atom. The first-order valence-corrected chi connectivity index (χ1v) is 8.95. The van der Waals surface area contributed by atoms with Crippen molar-refractivity contribution in [1.82, 2.24) is 10.2 Å². The van der Waals surface area contributed by atoms with Crippen LogP contribution < -0.4 is 5.32 Å². The van der Waals surface area contributed by atoms with Gasteiger partial charge in [-0.1, -0.05) is 30.3 Å². The van der Waals surface area contributed by atoms with Crippen LogP contribution in [0.2, 0.25) is 0 Å². The van der Waals surface area contributed by atoms with Gasteiger partial charge in [0.25, 0.3) is 11.8 Å². The maximum atomic E-state index is 12.9. The molecule has 0 atom stereocenters. The summed E-state index contributed by atoms with van der Waals surface area (Å²) in [5.41, 5.74) is 1.93. The van der Waals surface area contributed by atoms with E-state index in [-0.39, 0.29) is 23.4 Å². The largest absolute Gasteiger partial charge is 0.347 e. The number of amides is 2. The van der Waals surface area contributed by atoms with Gasteiger partial charge in [-0.15, -0.1) is 0 Å². The third kappa shape index (κ3) is 5.45. The average Bonchev–Trinajstić information content (AvgIpc) is 2.58. The van der Waals surface area contributed by atoms with Crippen molar-refractivity contribution in [3.63, 3.8) is 0 Å². The van der Waals surface area contributed by atoms with Crippen LogP contribution in [0.15, 0.2) is 54.6 Å². The van der Waals surface area contributed by atoms with Crippen LogP contribution in [-0.4, -0.2) is 28.3 Å². The van der Waals surface area contributed by atoms with Crippen molar-refractivity contribution in [2.75, 3.05) is 0 Å². The fraction of sp³-hybridized carbons (Fsp3) is 0.364. The highest BCUT2D eigenvalue weighted by molar-refractivity contribution is 5.98. The molecular formula is C22H28N2O2. The predicted octanol–water partition coefficient (Wildman–Crippen LogP) is 4.27. The lowest BCUT2D eigenvalue weighted by Crippen LogP contribution is -2.40. The van der Waals surface area contributed by atoms with E-state index in [1.54, 1.807) is 24.3 Å². The molecule has 0 saturated carbocycles. The quantitative estimate of drug-likeness (QED) is 0.874. The molecule has 2 aromatic carbocycles. The van der Waals surface area contributed by atoms with E-state index in [4.69, 9.17) is 0 Å². The van der Waals surface area contributed by atoms with Crippen molar-refractivity contribution in [1.29, 1.82) is 0 Å². The van der Waals surface area contributed by atoms with Crippen molar-refractivity contribution in [3.05, 3.63) is 71.3 Å². The second-order valence-corrected chi connectivity index (χ2v) is 7.79. The standard InChI is InChI=1S/C22H28N2O2/c1-16(2)24(15-17-9-7-6-8-10-17)21(26)19-13-11-18(12-14-19)20(25)23-22(3,4)5/h6-14,16H,15H2,1-5H3,(H,23,25). The zero-order valence-corrected chi connectivity index (χ0v) is 16.2. The molecule has 4 heteroatoms. The number of hydrogen-bond donors (Lipinski definition) is 1. The molecule has 0 fully saturated rings. The molecule has 2 rings (SSSR count). The molecule has 0 aliphatic rings. The summed E-state index contributed by atoms with van der Waals surface area (Å²) < 4.78 is 0. The third-order valence-corrected chi connectivity index (χ3v) is 3.96. The van der Waals surface area contributed by atoms with Crippen molar-refractivity contribution in [3.8, 4) is 0 Å². The van der Waals surface area contributed by atoms with Gasteiger partial charge in [-0.3, -0.25) is 9.59 Å². The molecule has 0 bridgehead atoms.